The number of aromatic nitrogens is 2. The molecule has 0 aromatic carbocycles. The first-order valence-electron chi connectivity index (χ1n) is 8.19. The topological polar surface area (TPSA) is 94.9 Å². The zero-order valence-corrected chi connectivity index (χ0v) is 14.3. The second-order valence-corrected chi connectivity index (χ2v) is 7.18. The van der Waals surface area contributed by atoms with E-state index in [-0.39, 0.29) is 22.7 Å². The van der Waals surface area contributed by atoms with Crippen LogP contribution in [0.2, 0.25) is 0 Å². The lowest BCUT2D eigenvalue weighted by atomic mass is 9.88. The Bertz CT molecular complexity index is 779. The van der Waals surface area contributed by atoms with Gasteiger partial charge in [0.15, 0.2) is 0 Å². The van der Waals surface area contributed by atoms with Crippen molar-refractivity contribution in [2.75, 3.05) is 12.3 Å². The van der Waals surface area contributed by atoms with Gasteiger partial charge in [-0.05, 0) is 43.1 Å². The highest BCUT2D eigenvalue weighted by Crippen LogP contribution is 2.50. The van der Waals surface area contributed by atoms with Crippen LogP contribution in [0, 0.1) is 5.92 Å². The van der Waals surface area contributed by atoms with Crippen molar-refractivity contribution >= 4 is 35.7 Å². The minimum absolute atomic E-state index is 0.0903. The second kappa shape index (κ2) is 6.08. The van der Waals surface area contributed by atoms with Crippen LogP contribution in [0.4, 0.5) is 5.82 Å². The number of carbonyl (C=O) groups excluding carboxylic acids is 1. The molecule has 2 unspecified atom stereocenters. The first kappa shape index (κ1) is 15.4. The Labute approximate surface area is 144 Å². The van der Waals surface area contributed by atoms with E-state index < -0.39 is 5.97 Å². The monoisotopic (exact) mass is 345 g/mol. The summed E-state index contributed by atoms with van der Waals surface area (Å²) in [6.07, 6.45) is 7.66. The summed E-state index contributed by atoms with van der Waals surface area (Å²) in [6.45, 7) is 2.06. The molecular weight excluding hydrogens is 326 g/mol. The van der Waals surface area contributed by atoms with Crippen LogP contribution in [0.5, 0.6) is 0 Å². The fourth-order valence-electron chi connectivity index (χ4n) is 3.48. The molecule has 0 saturated carbocycles. The Morgan fingerprint density at radius 3 is 3.12 bits per heavy atom. The van der Waals surface area contributed by atoms with Crippen molar-refractivity contribution in [1.29, 1.82) is 0 Å². The van der Waals surface area contributed by atoms with E-state index in [2.05, 4.69) is 15.1 Å². The van der Waals surface area contributed by atoms with Crippen LogP contribution >= 0.6 is 11.8 Å². The molecule has 0 bridgehead atoms. The predicted molar refractivity (Wildman–Crippen MR) is 94.3 cm³/mol. The van der Waals surface area contributed by atoms with Crippen molar-refractivity contribution in [3.63, 3.8) is 0 Å². The number of hydrogen-bond donors (Lipinski definition) is 1. The Morgan fingerprint density at radius 1 is 1.46 bits per heavy atom. The van der Waals surface area contributed by atoms with E-state index in [1.807, 2.05) is 11.8 Å². The summed E-state index contributed by atoms with van der Waals surface area (Å²) in [6, 6.07) is 0. The predicted octanol–water partition coefficient (Wildman–Crippen LogP) is 2.45. The first-order chi connectivity index (χ1) is 11.7. The number of hydrogen-bond acceptors (Lipinski definition) is 7. The number of anilines is 1. The molecule has 0 amide bonds. The molecule has 0 saturated heterocycles. The minimum Gasteiger partial charge on any atom is -0.462 e. The summed E-state index contributed by atoms with van der Waals surface area (Å²) in [5, 5.41) is 4.41. The third-order valence-electron chi connectivity index (χ3n) is 4.58. The quantitative estimate of drug-likeness (QED) is 0.831. The standard InChI is InChI=1S/C16H19N5O2S/c1-2-23-16(22)10-7-20-21(13(10)17)14-12-9-5-3-4-6-11(9)24-15(12)19-8-18-14/h7-8,12,15H,2-6,17H2,1H3. The van der Waals surface area contributed by atoms with Crippen LogP contribution in [0.1, 0.15) is 43.0 Å². The van der Waals surface area contributed by atoms with Gasteiger partial charge in [0.2, 0.25) is 0 Å². The highest BCUT2D eigenvalue weighted by molar-refractivity contribution is 8.04. The Balaban J connectivity index is 1.71. The van der Waals surface area contributed by atoms with Crippen LogP contribution in [0.3, 0.4) is 0 Å². The van der Waals surface area contributed by atoms with Crippen LogP contribution in [0.15, 0.2) is 26.7 Å². The molecule has 2 atom stereocenters. The molecule has 1 aromatic heterocycles. The molecule has 7 nitrogen and oxygen atoms in total. The van der Waals surface area contributed by atoms with E-state index in [1.54, 1.807) is 17.9 Å². The van der Waals surface area contributed by atoms with Gasteiger partial charge >= 0.3 is 5.97 Å². The highest BCUT2D eigenvalue weighted by atomic mass is 32.2. The molecule has 0 fully saturated rings. The summed E-state index contributed by atoms with van der Waals surface area (Å²) < 4.78 is 6.60. The summed E-state index contributed by atoms with van der Waals surface area (Å²) in [7, 11) is 0. The number of allylic oxidation sites excluding steroid dienone is 1. The molecule has 2 N–H and O–H groups in total. The van der Waals surface area contributed by atoms with Gasteiger partial charge in [-0.2, -0.15) is 5.10 Å². The fourth-order valence-corrected chi connectivity index (χ4v) is 4.95. The summed E-state index contributed by atoms with van der Waals surface area (Å²) in [5.41, 5.74) is 7.86. The number of nitrogens with zero attached hydrogens (tertiary/aromatic N) is 4. The summed E-state index contributed by atoms with van der Waals surface area (Å²) in [5.74, 6) is 0.660. The number of esters is 1. The second-order valence-electron chi connectivity index (χ2n) is 5.97. The first-order valence-corrected chi connectivity index (χ1v) is 9.07. The lowest BCUT2D eigenvalue weighted by molar-refractivity contribution is 0.0527. The van der Waals surface area contributed by atoms with Crippen molar-refractivity contribution in [2.45, 2.75) is 38.0 Å². The Hall–Kier alpha value is -2.09. The number of aliphatic imine (C=N–C) groups is 2. The maximum Gasteiger partial charge on any atom is 0.343 e. The normalized spacial score (nSPS) is 25.3. The molecule has 4 rings (SSSR count). The molecule has 1 aromatic rings. The zero-order chi connectivity index (χ0) is 16.7. The zero-order valence-electron chi connectivity index (χ0n) is 13.4. The van der Waals surface area contributed by atoms with Gasteiger partial charge in [-0.3, -0.25) is 4.99 Å². The lowest BCUT2D eigenvalue weighted by Crippen LogP contribution is -2.33. The Morgan fingerprint density at radius 2 is 2.29 bits per heavy atom. The third-order valence-corrected chi connectivity index (χ3v) is 5.97. The van der Waals surface area contributed by atoms with Gasteiger partial charge in [0.05, 0.1) is 18.7 Å². The van der Waals surface area contributed by atoms with Crippen LogP contribution < -0.4 is 5.73 Å². The molecule has 3 aliphatic rings. The van der Waals surface area contributed by atoms with E-state index in [0.29, 0.717) is 6.61 Å². The van der Waals surface area contributed by atoms with Gasteiger partial charge < -0.3 is 10.5 Å². The average Bonchev–Trinajstić information content (AvgIpc) is 3.15. The molecule has 3 heterocycles. The van der Waals surface area contributed by atoms with Crippen LogP contribution in [0.25, 0.3) is 0 Å². The number of carbonyl (C=O) groups is 1. The molecule has 1 aliphatic carbocycles. The molecule has 0 radical (unpaired) electrons. The van der Waals surface area contributed by atoms with E-state index in [4.69, 9.17) is 10.5 Å². The van der Waals surface area contributed by atoms with E-state index >= 15 is 0 Å². The maximum atomic E-state index is 12.0. The average molecular weight is 345 g/mol. The number of nitrogen functional groups attached to an aromatic ring is 1. The molecule has 8 heteroatoms. The Kier molecular flexibility index (Phi) is 3.91. The SMILES string of the molecule is CCOC(=O)c1cnn(C2=NC=NC3SC4=C(CCCC4)C23)c1N. The molecule has 2 aliphatic heterocycles. The van der Waals surface area contributed by atoms with Gasteiger partial charge in [-0.1, -0.05) is 0 Å². The lowest BCUT2D eigenvalue weighted by Gasteiger charge is -2.24. The fraction of sp³-hybridized carbons (Fsp3) is 0.500. The van der Waals surface area contributed by atoms with Gasteiger partial charge in [0, 0.05) is 0 Å². The van der Waals surface area contributed by atoms with Gasteiger partial charge in [0.25, 0.3) is 0 Å². The van der Waals surface area contributed by atoms with Crippen molar-refractivity contribution < 1.29 is 9.53 Å². The number of nitrogens with two attached hydrogens (primary N) is 1. The number of fused-ring (bicyclic) bond motifs is 2. The van der Waals surface area contributed by atoms with E-state index in [0.717, 1.165) is 18.7 Å². The molecule has 24 heavy (non-hydrogen) atoms. The number of ether oxygens (including phenoxy) is 1. The van der Waals surface area contributed by atoms with Crippen molar-refractivity contribution in [3.8, 4) is 0 Å². The minimum atomic E-state index is -0.457. The van der Waals surface area contributed by atoms with E-state index in [1.165, 1.54) is 29.5 Å². The molecular formula is C16H19N5O2S. The molecule has 126 valence electrons. The summed E-state index contributed by atoms with van der Waals surface area (Å²) >= 11 is 1.83. The highest BCUT2D eigenvalue weighted by Gasteiger charge is 2.42. The van der Waals surface area contributed by atoms with Gasteiger partial charge in [-0.25, -0.2) is 14.5 Å². The number of rotatable bonds is 2. The smallest absolute Gasteiger partial charge is 0.343 e. The van der Waals surface area contributed by atoms with Crippen molar-refractivity contribution in [1.82, 2.24) is 9.78 Å². The van der Waals surface area contributed by atoms with Crippen molar-refractivity contribution in [3.05, 3.63) is 22.2 Å². The largest absolute Gasteiger partial charge is 0.462 e. The van der Waals surface area contributed by atoms with Gasteiger partial charge in [-0.15, -0.1) is 11.8 Å². The van der Waals surface area contributed by atoms with Crippen LogP contribution in [-0.2, 0) is 4.74 Å². The third kappa shape index (κ3) is 2.36. The maximum absolute atomic E-state index is 12.0. The van der Waals surface area contributed by atoms with E-state index in [9.17, 15) is 4.79 Å². The summed E-state index contributed by atoms with van der Waals surface area (Å²) in [4.78, 5) is 22.4. The number of thioether (sulfide) groups is 1. The van der Waals surface area contributed by atoms with Crippen molar-refractivity contribution in [2.24, 2.45) is 15.9 Å². The van der Waals surface area contributed by atoms with Gasteiger partial charge in [0.1, 0.15) is 28.9 Å². The van der Waals surface area contributed by atoms with Crippen LogP contribution in [-0.4, -0.2) is 39.9 Å². The molecule has 0 spiro atoms.